The maximum atomic E-state index is 11.7. The molecule has 1 saturated carbocycles. The Morgan fingerprint density at radius 2 is 1.95 bits per heavy atom. The van der Waals surface area contributed by atoms with Crippen LogP contribution in [0.5, 0.6) is 0 Å². The van der Waals surface area contributed by atoms with E-state index in [1.807, 2.05) is 14.0 Å². The summed E-state index contributed by atoms with van der Waals surface area (Å²) in [5.41, 5.74) is -0.543. The molecule has 0 amide bonds. The predicted octanol–water partition coefficient (Wildman–Crippen LogP) is 2.57. The van der Waals surface area contributed by atoms with Crippen LogP contribution in [0.15, 0.2) is 0 Å². The minimum Gasteiger partial charge on any atom is -0.468 e. The number of methoxy groups -OCH3 is 1. The molecule has 0 aromatic rings. The summed E-state index contributed by atoms with van der Waals surface area (Å²) in [6, 6.07) is 0.778. The van der Waals surface area contributed by atoms with Gasteiger partial charge in [0.1, 0.15) is 5.54 Å². The van der Waals surface area contributed by atoms with Crippen LogP contribution in [0.25, 0.3) is 0 Å². The molecule has 1 atom stereocenters. The first-order valence-corrected chi connectivity index (χ1v) is 8.01. The highest BCUT2D eigenvalue weighted by Crippen LogP contribution is 2.22. The molecule has 0 heterocycles. The third-order valence-electron chi connectivity index (χ3n) is 4.82. The van der Waals surface area contributed by atoms with Crippen LogP contribution in [0.2, 0.25) is 0 Å². The summed E-state index contributed by atoms with van der Waals surface area (Å²) < 4.78 is 4.87. The Morgan fingerprint density at radius 1 is 1.30 bits per heavy atom. The van der Waals surface area contributed by atoms with E-state index < -0.39 is 5.54 Å². The molecule has 1 aliphatic carbocycles. The second-order valence-corrected chi connectivity index (χ2v) is 6.30. The summed E-state index contributed by atoms with van der Waals surface area (Å²) in [5.74, 6) is -0.166. The molecule has 0 aromatic carbocycles. The number of rotatable bonds is 8. The SMILES string of the molecule is CNC(C)(CCCCN(C)C1CCCCC1)C(=O)OC. The summed E-state index contributed by atoms with van der Waals surface area (Å²) >= 11 is 0. The van der Waals surface area contributed by atoms with Gasteiger partial charge in [-0.25, -0.2) is 0 Å². The van der Waals surface area contributed by atoms with Crippen molar-refractivity contribution in [1.82, 2.24) is 10.2 Å². The second-order valence-electron chi connectivity index (χ2n) is 6.30. The Bertz CT molecular complexity index is 290. The normalized spacial score (nSPS) is 19.9. The molecule has 1 unspecified atom stereocenters. The molecular formula is C16H32N2O2. The first-order valence-electron chi connectivity index (χ1n) is 8.01. The monoisotopic (exact) mass is 284 g/mol. The van der Waals surface area contributed by atoms with Gasteiger partial charge < -0.3 is 15.0 Å². The number of esters is 1. The largest absolute Gasteiger partial charge is 0.468 e. The third kappa shape index (κ3) is 5.06. The summed E-state index contributed by atoms with van der Waals surface area (Å²) in [6.45, 7) is 3.05. The lowest BCUT2D eigenvalue weighted by atomic mass is 9.93. The van der Waals surface area contributed by atoms with E-state index in [-0.39, 0.29) is 5.97 Å². The summed E-state index contributed by atoms with van der Waals surface area (Å²) in [5, 5.41) is 3.09. The van der Waals surface area contributed by atoms with Crippen LogP contribution in [0.3, 0.4) is 0 Å². The van der Waals surface area contributed by atoms with Crippen LogP contribution in [0, 0.1) is 0 Å². The molecule has 20 heavy (non-hydrogen) atoms. The van der Waals surface area contributed by atoms with E-state index in [0.29, 0.717) is 0 Å². The van der Waals surface area contributed by atoms with Gasteiger partial charge in [0.15, 0.2) is 0 Å². The van der Waals surface area contributed by atoms with Crippen LogP contribution in [-0.2, 0) is 9.53 Å². The molecule has 0 spiro atoms. The molecule has 1 fully saturated rings. The molecule has 0 aliphatic heterocycles. The molecule has 1 N–H and O–H groups in total. The predicted molar refractivity (Wildman–Crippen MR) is 82.8 cm³/mol. The van der Waals surface area contributed by atoms with Crippen LogP contribution < -0.4 is 5.32 Å². The minimum atomic E-state index is -0.543. The topological polar surface area (TPSA) is 41.6 Å². The average molecular weight is 284 g/mol. The standard InChI is InChI=1S/C16H32N2O2/c1-16(17-2,15(19)20-4)12-8-9-13-18(3)14-10-6-5-7-11-14/h14,17H,5-13H2,1-4H3. The van der Waals surface area contributed by atoms with Crippen molar-refractivity contribution in [2.75, 3.05) is 27.7 Å². The highest BCUT2D eigenvalue weighted by Gasteiger charge is 2.31. The Kier molecular flexibility index (Phi) is 7.52. The molecule has 0 aromatic heterocycles. The van der Waals surface area contributed by atoms with Crippen molar-refractivity contribution in [2.45, 2.75) is 69.9 Å². The molecule has 118 valence electrons. The van der Waals surface area contributed by atoms with Crippen molar-refractivity contribution >= 4 is 5.97 Å². The third-order valence-corrected chi connectivity index (χ3v) is 4.82. The first-order chi connectivity index (χ1) is 9.53. The van der Waals surface area contributed by atoms with E-state index in [2.05, 4.69) is 17.3 Å². The van der Waals surface area contributed by atoms with E-state index in [1.165, 1.54) is 39.2 Å². The van der Waals surface area contributed by atoms with Gasteiger partial charge in [0, 0.05) is 6.04 Å². The Balaban J connectivity index is 2.24. The molecule has 4 nitrogen and oxygen atoms in total. The molecule has 4 heteroatoms. The number of hydrogen-bond acceptors (Lipinski definition) is 4. The molecule has 0 radical (unpaired) electrons. The van der Waals surface area contributed by atoms with E-state index in [0.717, 1.165) is 31.8 Å². The number of nitrogens with one attached hydrogen (secondary N) is 1. The van der Waals surface area contributed by atoms with Crippen LogP contribution in [0.4, 0.5) is 0 Å². The second kappa shape index (κ2) is 8.63. The van der Waals surface area contributed by atoms with Gasteiger partial charge >= 0.3 is 5.97 Å². The van der Waals surface area contributed by atoms with Crippen molar-refractivity contribution in [1.29, 1.82) is 0 Å². The van der Waals surface area contributed by atoms with Crippen LogP contribution in [-0.4, -0.2) is 50.2 Å². The number of likely N-dealkylation sites (N-methyl/N-ethyl adjacent to an activating group) is 1. The lowest BCUT2D eigenvalue weighted by Crippen LogP contribution is -2.48. The number of hydrogen-bond donors (Lipinski definition) is 1. The molecular weight excluding hydrogens is 252 g/mol. The zero-order valence-corrected chi connectivity index (χ0v) is 13.7. The lowest BCUT2D eigenvalue weighted by Gasteiger charge is -2.31. The highest BCUT2D eigenvalue weighted by atomic mass is 16.5. The maximum absolute atomic E-state index is 11.7. The maximum Gasteiger partial charge on any atom is 0.325 e. The van der Waals surface area contributed by atoms with Gasteiger partial charge in [-0.05, 0) is 59.7 Å². The molecule has 1 aliphatic rings. The van der Waals surface area contributed by atoms with Crippen molar-refractivity contribution in [3.63, 3.8) is 0 Å². The lowest BCUT2D eigenvalue weighted by molar-refractivity contribution is -0.148. The van der Waals surface area contributed by atoms with Gasteiger partial charge in [-0.15, -0.1) is 0 Å². The summed E-state index contributed by atoms with van der Waals surface area (Å²) in [4.78, 5) is 14.3. The van der Waals surface area contributed by atoms with Gasteiger partial charge in [0.05, 0.1) is 7.11 Å². The fourth-order valence-electron chi connectivity index (χ4n) is 3.10. The van der Waals surface area contributed by atoms with Crippen molar-refractivity contribution in [3.05, 3.63) is 0 Å². The Labute approximate surface area is 124 Å². The zero-order chi connectivity index (χ0) is 15.0. The number of unbranched alkanes of at least 4 members (excludes halogenated alkanes) is 1. The van der Waals surface area contributed by atoms with E-state index >= 15 is 0 Å². The first kappa shape index (κ1) is 17.4. The summed E-state index contributed by atoms with van der Waals surface area (Å²) in [7, 11) is 5.52. The Morgan fingerprint density at radius 3 is 2.50 bits per heavy atom. The van der Waals surface area contributed by atoms with Crippen molar-refractivity contribution in [2.24, 2.45) is 0 Å². The number of carbonyl (C=O) groups excluding carboxylic acids is 1. The number of nitrogens with zero attached hydrogens (tertiary/aromatic N) is 1. The average Bonchev–Trinajstić information content (AvgIpc) is 2.51. The van der Waals surface area contributed by atoms with Crippen LogP contribution in [0.1, 0.15) is 58.3 Å². The van der Waals surface area contributed by atoms with E-state index in [1.54, 1.807) is 0 Å². The van der Waals surface area contributed by atoms with E-state index in [4.69, 9.17) is 4.74 Å². The summed E-state index contributed by atoms with van der Waals surface area (Å²) in [6.07, 6.45) is 9.90. The zero-order valence-electron chi connectivity index (χ0n) is 13.7. The van der Waals surface area contributed by atoms with Gasteiger partial charge in [-0.2, -0.15) is 0 Å². The fraction of sp³-hybridized carbons (Fsp3) is 0.938. The van der Waals surface area contributed by atoms with Crippen LogP contribution >= 0.6 is 0 Å². The molecule has 0 bridgehead atoms. The molecule has 1 rings (SSSR count). The Hall–Kier alpha value is -0.610. The highest BCUT2D eigenvalue weighted by molar-refractivity contribution is 5.80. The van der Waals surface area contributed by atoms with Gasteiger partial charge in [-0.3, -0.25) is 4.79 Å². The number of ether oxygens (including phenoxy) is 1. The fourth-order valence-corrected chi connectivity index (χ4v) is 3.10. The minimum absolute atomic E-state index is 0.166. The number of carbonyl (C=O) groups is 1. The van der Waals surface area contributed by atoms with Crippen molar-refractivity contribution < 1.29 is 9.53 Å². The van der Waals surface area contributed by atoms with Gasteiger partial charge in [0.25, 0.3) is 0 Å². The smallest absolute Gasteiger partial charge is 0.325 e. The van der Waals surface area contributed by atoms with Gasteiger partial charge in [0.2, 0.25) is 0 Å². The molecule has 0 saturated heterocycles. The van der Waals surface area contributed by atoms with Crippen molar-refractivity contribution in [3.8, 4) is 0 Å². The quantitative estimate of drug-likeness (QED) is 0.549. The van der Waals surface area contributed by atoms with E-state index in [9.17, 15) is 4.79 Å². The van der Waals surface area contributed by atoms with Gasteiger partial charge in [-0.1, -0.05) is 19.3 Å².